The predicted molar refractivity (Wildman–Crippen MR) is 84.7 cm³/mol. The topological polar surface area (TPSA) is 39.7 Å². The van der Waals surface area contributed by atoms with Crippen molar-refractivity contribution in [1.29, 1.82) is 0 Å². The van der Waals surface area contributed by atoms with E-state index in [2.05, 4.69) is 34.2 Å². The van der Waals surface area contributed by atoms with Crippen LogP contribution in [0.15, 0.2) is 16.6 Å². The normalized spacial score (nSPS) is 10.6. The first-order valence-electron chi connectivity index (χ1n) is 7.00. The summed E-state index contributed by atoms with van der Waals surface area (Å²) >= 11 is 3.56. The molecule has 1 N–H and O–H groups in total. The molecule has 0 aromatic heterocycles. The van der Waals surface area contributed by atoms with Crippen molar-refractivity contribution in [3.8, 4) is 11.5 Å². The van der Waals surface area contributed by atoms with E-state index in [4.69, 9.17) is 14.2 Å². The van der Waals surface area contributed by atoms with Crippen molar-refractivity contribution in [2.45, 2.75) is 26.8 Å². The number of halogens is 1. The first-order chi connectivity index (χ1) is 9.72. The molecule has 0 spiro atoms. The lowest BCUT2D eigenvalue weighted by atomic mass is 10.2. The number of methoxy groups -OCH3 is 1. The molecule has 0 bridgehead atoms. The van der Waals surface area contributed by atoms with Crippen LogP contribution in [0.25, 0.3) is 0 Å². The van der Waals surface area contributed by atoms with Crippen LogP contribution in [0, 0.1) is 0 Å². The molecule has 0 heterocycles. The summed E-state index contributed by atoms with van der Waals surface area (Å²) in [7, 11) is 1.70. The highest BCUT2D eigenvalue weighted by atomic mass is 79.9. The number of ether oxygens (including phenoxy) is 3. The lowest BCUT2D eigenvalue weighted by molar-refractivity contribution is 0.199. The Kier molecular flexibility index (Phi) is 8.65. The minimum Gasteiger partial charge on any atom is -0.490 e. The molecular weight excluding hydrogens is 322 g/mol. The van der Waals surface area contributed by atoms with Crippen molar-refractivity contribution in [3.63, 3.8) is 0 Å². The predicted octanol–water partition coefficient (Wildman–Crippen LogP) is 3.37. The minimum absolute atomic E-state index is 0.621. The van der Waals surface area contributed by atoms with E-state index in [0.717, 1.165) is 41.0 Å². The summed E-state index contributed by atoms with van der Waals surface area (Å²) in [5, 5.41) is 3.32. The standard InChI is InChI=1S/C15H24BrNO3/c1-4-7-20-15-13(16)9-12(10-14(15)19-5-2)11-17-6-8-18-3/h9-10,17H,4-8,11H2,1-3H3. The fraction of sp³-hybridized carbons (Fsp3) is 0.600. The van der Waals surface area contributed by atoms with Gasteiger partial charge in [-0.25, -0.2) is 0 Å². The summed E-state index contributed by atoms with van der Waals surface area (Å²) < 4.78 is 17.4. The summed E-state index contributed by atoms with van der Waals surface area (Å²) in [5.74, 6) is 1.58. The van der Waals surface area contributed by atoms with E-state index >= 15 is 0 Å². The lowest BCUT2D eigenvalue weighted by Crippen LogP contribution is -2.18. The van der Waals surface area contributed by atoms with Crippen LogP contribution in [0.5, 0.6) is 11.5 Å². The van der Waals surface area contributed by atoms with E-state index in [0.29, 0.717) is 19.8 Å². The van der Waals surface area contributed by atoms with Crippen molar-refractivity contribution in [2.24, 2.45) is 0 Å². The Hall–Kier alpha value is -0.780. The lowest BCUT2D eigenvalue weighted by Gasteiger charge is -2.15. The van der Waals surface area contributed by atoms with Crippen LogP contribution in [0.1, 0.15) is 25.8 Å². The van der Waals surface area contributed by atoms with Crippen molar-refractivity contribution in [1.82, 2.24) is 5.32 Å². The van der Waals surface area contributed by atoms with Gasteiger partial charge in [-0.1, -0.05) is 6.92 Å². The molecule has 0 aliphatic carbocycles. The van der Waals surface area contributed by atoms with Gasteiger partial charge in [-0.3, -0.25) is 0 Å². The van der Waals surface area contributed by atoms with Crippen molar-refractivity contribution in [2.75, 3.05) is 33.5 Å². The number of hydrogen-bond donors (Lipinski definition) is 1. The largest absolute Gasteiger partial charge is 0.490 e. The van der Waals surface area contributed by atoms with Crippen LogP contribution in [0.4, 0.5) is 0 Å². The molecule has 1 aromatic carbocycles. The van der Waals surface area contributed by atoms with E-state index in [-0.39, 0.29) is 0 Å². The molecule has 0 fully saturated rings. The zero-order chi connectivity index (χ0) is 14.8. The number of hydrogen-bond acceptors (Lipinski definition) is 4. The van der Waals surface area contributed by atoms with Gasteiger partial charge in [0.2, 0.25) is 0 Å². The van der Waals surface area contributed by atoms with Crippen LogP contribution in [-0.2, 0) is 11.3 Å². The zero-order valence-electron chi connectivity index (χ0n) is 12.5. The van der Waals surface area contributed by atoms with Gasteiger partial charge in [0.1, 0.15) is 0 Å². The average Bonchev–Trinajstić information content (AvgIpc) is 2.43. The Labute approximate surface area is 129 Å². The third-order valence-corrected chi connectivity index (χ3v) is 3.22. The molecule has 114 valence electrons. The second kappa shape index (κ2) is 10.0. The fourth-order valence-corrected chi connectivity index (χ4v) is 2.34. The van der Waals surface area contributed by atoms with Crippen molar-refractivity contribution >= 4 is 15.9 Å². The van der Waals surface area contributed by atoms with Gasteiger partial charge in [-0.2, -0.15) is 0 Å². The third kappa shape index (κ3) is 5.69. The van der Waals surface area contributed by atoms with Gasteiger partial charge in [-0.05, 0) is 47.0 Å². The zero-order valence-corrected chi connectivity index (χ0v) is 14.1. The van der Waals surface area contributed by atoms with Gasteiger partial charge in [0, 0.05) is 20.2 Å². The van der Waals surface area contributed by atoms with Gasteiger partial charge in [0.15, 0.2) is 11.5 Å². The number of nitrogens with one attached hydrogen (secondary N) is 1. The molecule has 1 rings (SSSR count). The summed E-state index contributed by atoms with van der Waals surface area (Å²) in [5.41, 5.74) is 1.15. The van der Waals surface area contributed by atoms with Crippen LogP contribution in [0.3, 0.4) is 0 Å². The second-order valence-corrected chi connectivity index (χ2v) is 5.21. The average molecular weight is 346 g/mol. The van der Waals surface area contributed by atoms with E-state index in [9.17, 15) is 0 Å². The highest BCUT2D eigenvalue weighted by Gasteiger charge is 2.12. The maximum absolute atomic E-state index is 5.76. The number of rotatable bonds is 10. The van der Waals surface area contributed by atoms with E-state index in [1.165, 1.54) is 0 Å². The SMILES string of the molecule is CCCOc1c(Br)cc(CNCCOC)cc1OCC. The first kappa shape index (κ1) is 17.3. The van der Waals surface area contributed by atoms with Crippen molar-refractivity contribution < 1.29 is 14.2 Å². The van der Waals surface area contributed by atoms with Gasteiger partial charge < -0.3 is 19.5 Å². The molecule has 0 aliphatic heterocycles. The summed E-state index contributed by atoms with van der Waals surface area (Å²) in [6.45, 7) is 7.67. The molecule has 5 heteroatoms. The molecule has 0 saturated heterocycles. The molecule has 1 aromatic rings. The summed E-state index contributed by atoms with van der Waals surface area (Å²) in [6.07, 6.45) is 0.971. The molecule has 0 saturated carbocycles. The quantitative estimate of drug-likeness (QED) is 0.660. The maximum Gasteiger partial charge on any atom is 0.175 e. The molecule has 0 amide bonds. The molecule has 0 radical (unpaired) electrons. The second-order valence-electron chi connectivity index (χ2n) is 4.36. The molecule has 4 nitrogen and oxygen atoms in total. The van der Waals surface area contributed by atoms with Gasteiger partial charge in [0.05, 0.1) is 24.3 Å². The molecule has 20 heavy (non-hydrogen) atoms. The smallest absolute Gasteiger partial charge is 0.175 e. The van der Waals surface area contributed by atoms with Crippen LogP contribution >= 0.6 is 15.9 Å². The summed E-state index contributed by atoms with van der Waals surface area (Å²) in [4.78, 5) is 0. The Bertz CT molecular complexity index is 399. The maximum atomic E-state index is 5.76. The molecule has 0 unspecified atom stereocenters. The first-order valence-corrected chi connectivity index (χ1v) is 7.79. The molecule has 0 atom stereocenters. The Morgan fingerprint density at radius 3 is 2.60 bits per heavy atom. The highest BCUT2D eigenvalue weighted by molar-refractivity contribution is 9.10. The van der Waals surface area contributed by atoms with Gasteiger partial charge >= 0.3 is 0 Å². The molecule has 0 aliphatic rings. The fourth-order valence-electron chi connectivity index (χ4n) is 1.74. The Balaban J connectivity index is 2.77. The van der Waals surface area contributed by atoms with Crippen LogP contribution in [0.2, 0.25) is 0 Å². The Morgan fingerprint density at radius 1 is 1.15 bits per heavy atom. The van der Waals surface area contributed by atoms with Crippen LogP contribution in [-0.4, -0.2) is 33.5 Å². The van der Waals surface area contributed by atoms with Crippen molar-refractivity contribution in [3.05, 3.63) is 22.2 Å². The monoisotopic (exact) mass is 345 g/mol. The van der Waals surface area contributed by atoms with E-state index < -0.39 is 0 Å². The summed E-state index contributed by atoms with van der Waals surface area (Å²) in [6, 6.07) is 4.09. The Morgan fingerprint density at radius 2 is 1.95 bits per heavy atom. The number of benzene rings is 1. The van der Waals surface area contributed by atoms with Gasteiger partial charge in [-0.15, -0.1) is 0 Å². The third-order valence-electron chi connectivity index (χ3n) is 2.63. The van der Waals surface area contributed by atoms with E-state index in [1.807, 2.05) is 13.0 Å². The minimum atomic E-state index is 0.621. The molecular formula is C15H24BrNO3. The highest BCUT2D eigenvalue weighted by Crippen LogP contribution is 2.37. The van der Waals surface area contributed by atoms with Gasteiger partial charge in [0.25, 0.3) is 0 Å². The van der Waals surface area contributed by atoms with E-state index in [1.54, 1.807) is 7.11 Å². The van der Waals surface area contributed by atoms with Crippen LogP contribution < -0.4 is 14.8 Å².